The molecule has 1 saturated heterocycles. The van der Waals surface area contributed by atoms with Crippen LogP contribution in [0, 0.1) is 5.41 Å². The maximum absolute atomic E-state index is 4.63. The molecule has 2 N–H and O–H groups in total. The Morgan fingerprint density at radius 2 is 2.04 bits per heavy atom. The van der Waals surface area contributed by atoms with Crippen LogP contribution in [0.5, 0.6) is 0 Å². The van der Waals surface area contributed by atoms with Gasteiger partial charge in [0.15, 0.2) is 5.96 Å². The smallest absolute Gasteiger partial charge is 0.193 e. The second-order valence-corrected chi connectivity index (χ2v) is 7.13. The molecule has 1 fully saturated rings. The molecule has 0 atom stereocenters. The lowest BCUT2D eigenvalue weighted by atomic mass is 9.93. The highest BCUT2D eigenvalue weighted by Crippen LogP contribution is 2.28. The average Bonchev–Trinajstić information content (AvgIpc) is 2.94. The maximum atomic E-state index is 4.63. The zero-order valence-electron chi connectivity index (χ0n) is 14.8. The molecule has 1 aliphatic rings. The van der Waals surface area contributed by atoms with Gasteiger partial charge in [-0.1, -0.05) is 32.0 Å². The van der Waals surface area contributed by atoms with Crippen LogP contribution in [-0.4, -0.2) is 49.1 Å². The number of hydrogen-bond donors (Lipinski definition) is 2. The summed E-state index contributed by atoms with van der Waals surface area (Å²) in [6, 6.07) is 12.3. The molecule has 2 heterocycles. The highest BCUT2D eigenvalue weighted by molar-refractivity contribution is 5.81. The van der Waals surface area contributed by atoms with Crippen molar-refractivity contribution < 1.29 is 0 Å². The Kier molecular flexibility index (Phi) is 4.88. The van der Waals surface area contributed by atoms with Crippen molar-refractivity contribution >= 4 is 22.7 Å². The van der Waals surface area contributed by atoms with E-state index in [0.29, 0.717) is 5.41 Å². The zero-order valence-corrected chi connectivity index (χ0v) is 14.8. The van der Waals surface area contributed by atoms with Crippen molar-refractivity contribution in [2.75, 3.05) is 38.5 Å². The largest absolute Gasteiger partial charge is 0.368 e. The van der Waals surface area contributed by atoms with Gasteiger partial charge < -0.3 is 15.5 Å². The fourth-order valence-corrected chi connectivity index (χ4v) is 3.15. The van der Waals surface area contributed by atoms with Crippen LogP contribution >= 0.6 is 0 Å². The summed E-state index contributed by atoms with van der Waals surface area (Å²) in [5.41, 5.74) is 1.40. The second kappa shape index (κ2) is 7.07. The van der Waals surface area contributed by atoms with Crippen molar-refractivity contribution in [2.45, 2.75) is 20.3 Å². The molecule has 24 heavy (non-hydrogen) atoms. The molecule has 1 aliphatic heterocycles. The van der Waals surface area contributed by atoms with Gasteiger partial charge in [0.25, 0.3) is 0 Å². The van der Waals surface area contributed by atoms with Crippen LogP contribution in [0.2, 0.25) is 0 Å². The average molecular weight is 325 g/mol. The number of aliphatic imine (C=N–C) groups is 1. The Morgan fingerprint density at radius 3 is 2.79 bits per heavy atom. The summed E-state index contributed by atoms with van der Waals surface area (Å²) in [6.45, 7) is 8.39. The molecule has 0 amide bonds. The first-order valence-corrected chi connectivity index (χ1v) is 8.63. The Balaban J connectivity index is 1.49. The molecule has 1 aromatic carbocycles. The molecule has 5 heteroatoms. The predicted molar refractivity (Wildman–Crippen MR) is 102 cm³/mol. The molecular formula is C19H27N5. The number of likely N-dealkylation sites (tertiary alicyclic amines) is 1. The van der Waals surface area contributed by atoms with Crippen molar-refractivity contribution in [1.82, 2.24) is 15.2 Å². The minimum atomic E-state index is 0.380. The quantitative estimate of drug-likeness (QED) is 0.515. The lowest BCUT2D eigenvalue weighted by Gasteiger charge is -2.23. The molecule has 0 radical (unpaired) electrons. The SMILES string of the molecule is CN=C(NCCNc1ccc2ccccc2n1)N1CCC(C)(C)C1. The van der Waals surface area contributed by atoms with Gasteiger partial charge in [-0.2, -0.15) is 0 Å². The summed E-state index contributed by atoms with van der Waals surface area (Å²) in [7, 11) is 1.85. The molecule has 128 valence electrons. The summed E-state index contributed by atoms with van der Waals surface area (Å²) in [5.74, 6) is 1.90. The lowest BCUT2D eigenvalue weighted by Crippen LogP contribution is -2.42. The molecule has 0 bridgehead atoms. The van der Waals surface area contributed by atoms with Crippen molar-refractivity contribution in [2.24, 2.45) is 10.4 Å². The number of hydrogen-bond acceptors (Lipinski definition) is 3. The molecule has 3 rings (SSSR count). The van der Waals surface area contributed by atoms with Gasteiger partial charge >= 0.3 is 0 Å². The first-order chi connectivity index (χ1) is 11.6. The van der Waals surface area contributed by atoms with Gasteiger partial charge in [0.2, 0.25) is 0 Å². The lowest BCUT2D eigenvalue weighted by molar-refractivity contribution is 0.370. The third kappa shape index (κ3) is 3.96. The highest BCUT2D eigenvalue weighted by Gasteiger charge is 2.30. The van der Waals surface area contributed by atoms with E-state index in [0.717, 1.165) is 43.5 Å². The van der Waals surface area contributed by atoms with Gasteiger partial charge in [0.05, 0.1) is 5.52 Å². The van der Waals surface area contributed by atoms with E-state index in [1.54, 1.807) is 0 Å². The Hall–Kier alpha value is -2.30. The van der Waals surface area contributed by atoms with Gasteiger partial charge in [-0.3, -0.25) is 4.99 Å². The van der Waals surface area contributed by atoms with Crippen molar-refractivity contribution in [3.05, 3.63) is 36.4 Å². The number of nitrogens with zero attached hydrogens (tertiary/aromatic N) is 3. The van der Waals surface area contributed by atoms with E-state index >= 15 is 0 Å². The van der Waals surface area contributed by atoms with E-state index in [1.807, 2.05) is 31.3 Å². The van der Waals surface area contributed by atoms with Crippen LogP contribution in [0.1, 0.15) is 20.3 Å². The van der Waals surface area contributed by atoms with Gasteiger partial charge in [0, 0.05) is 38.6 Å². The topological polar surface area (TPSA) is 52.6 Å². The third-order valence-corrected chi connectivity index (χ3v) is 4.50. The summed E-state index contributed by atoms with van der Waals surface area (Å²) >= 11 is 0. The van der Waals surface area contributed by atoms with Crippen LogP contribution < -0.4 is 10.6 Å². The number of para-hydroxylation sites is 1. The van der Waals surface area contributed by atoms with E-state index in [9.17, 15) is 0 Å². The number of rotatable bonds is 4. The van der Waals surface area contributed by atoms with E-state index in [4.69, 9.17) is 0 Å². The Labute approximate surface area is 144 Å². The number of benzene rings is 1. The summed E-state index contributed by atoms with van der Waals surface area (Å²) in [5, 5.41) is 7.98. The predicted octanol–water partition coefficient (Wildman–Crippen LogP) is 2.95. The Bertz CT molecular complexity index is 723. The second-order valence-electron chi connectivity index (χ2n) is 7.13. The Morgan fingerprint density at radius 1 is 1.21 bits per heavy atom. The number of fused-ring (bicyclic) bond motifs is 1. The van der Waals surface area contributed by atoms with Crippen molar-refractivity contribution in [3.8, 4) is 0 Å². The molecular weight excluding hydrogens is 298 g/mol. The fraction of sp³-hybridized carbons (Fsp3) is 0.474. The van der Waals surface area contributed by atoms with Crippen LogP contribution in [0.3, 0.4) is 0 Å². The minimum Gasteiger partial charge on any atom is -0.368 e. The monoisotopic (exact) mass is 325 g/mol. The molecule has 2 aromatic rings. The van der Waals surface area contributed by atoms with Crippen LogP contribution in [0.4, 0.5) is 5.82 Å². The van der Waals surface area contributed by atoms with Crippen LogP contribution in [0.15, 0.2) is 41.4 Å². The first kappa shape index (κ1) is 16.6. The number of guanidine groups is 1. The summed E-state index contributed by atoms with van der Waals surface area (Å²) < 4.78 is 0. The molecule has 1 aromatic heterocycles. The van der Waals surface area contributed by atoms with E-state index in [-0.39, 0.29) is 0 Å². The standard InChI is InChI=1S/C19H27N5/c1-19(2)10-13-24(14-19)18(20-3)22-12-11-21-17-9-8-15-6-4-5-7-16(15)23-17/h4-9H,10-14H2,1-3H3,(H,20,22)(H,21,23). The number of aromatic nitrogens is 1. The van der Waals surface area contributed by atoms with E-state index < -0.39 is 0 Å². The maximum Gasteiger partial charge on any atom is 0.193 e. The number of nitrogens with one attached hydrogen (secondary N) is 2. The van der Waals surface area contributed by atoms with Crippen LogP contribution in [0.25, 0.3) is 10.9 Å². The van der Waals surface area contributed by atoms with Crippen molar-refractivity contribution in [1.29, 1.82) is 0 Å². The van der Waals surface area contributed by atoms with E-state index in [2.05, 4.69) is 51.5 Å². The molecule has 0 aliphatic carbocycles. The minimum absolute atomic E-state index is 0.380. The van der Waals surface area contributed by atoms with Gasteiger partial charge in [0.1, 0.15) is 5.82 Å². The van der Waals surface area contributed by atoms with Gasteiger partial charge in [-0.25, -0.2) is 4.98 Å². The van der Waals surface area contributed by atoms with Crippen molar-refractivity contribution in [3.63, 3.8) is 0 Å². The molecule has 0 saturated carbocycles. The number of anilines is 1. The first-order valence-electron chi connectivity index (χ1n) is 8.63. The highest BCUT2D eigenvalue weighted by atomic mass is 15.3. The fourth-order valence-electron chi connectivity index (χ4n) is 3.15. The van der Waals surface area contributed by atoms with E-state index in [1.165, 1.54) is 11.8 Å². The summed E-state index contributed by atoms with van der Waals surface area (Å²) in [4.78, 5) is 11.4. The normalized spacial score (nSPS) is 17.3. The van der Waals surface area contributed by atoms with Crippen LogP contribution in [-0.2, 0) is 0 Å². The molecule has 0 unspecified atom stereocenters. The summed E-state index contributed by atoms with van der Waals surface area (Å²) in [6.07, 6.45) is 1.22. The molecule has 0 spiro atoms. The number of pyridine rings is 1. The zero-order chi connectivity index (χ0) is 17.0. The third-order valence-electron chi connectivity index (χ3n) is 4.50. The van der Waals surface area contributed by atoms with Gasteiger partial charge in [-0.05, 0) is 30.0 Å². The van der Waals surface area contributed by atoms with Gasteiger partial charge in [-0.15, -0.1) is 0 Å². The molecule has 5 nitrogen and oxygen atoms in total.